The molecule has 0 aliphatic heterocycles. The predicted molar refractivity (Wildman–Crippen MR) is 87.5 cm³/mol. The highest BCUT2D eigenvalue weighted by molar-refractivity contribution is 9.10. The van der Waals surface area contributed by atoms with Gasteiger partial charge >= 0.3 is 0 Å². The molecule has 5 heteroatoms. The molecule has 0 saturated carbocycles. The van der Waals surface area contributed by atoms with Crippen LogP contribution in [0.1, 0.15) is 21.5 Å². The van der Waals surface area contributed by atoms with E-state index in [1.54, 1.807) is 25.3 Å². The van der Waals surface area contributed by atoms with Crippen molar-refractivity contribution in [1.29, 1.82) is 0 Å². The first-order valence-corrected chi connectivity index (χ1v) is 7.27. The summed E-state index contributed by atoms with van der Waals surface area (Å²) in [5.41, 5.74) is 9.04. The summed E-state index contributed by atoms with van der Waals surface area (Å²) in [5, 5.41) is 2.87. The van der Waals surface area contributed by atoms with Crippen LogP contribution in [0.5, 0.6) is 5.75 Å². The number of halogens is 1. The second-order valence-electron chi connectivity index (χ2n) is 4.72. The van der Waals surface area contributed by atoms with Crippen LogP contribution in [0.4, 0.5) is 5.69 Å². The van der Waals surface area contributed by atoms with Crippen molar-refractivity contribution in [3.8, 4) is 5.75 Å². The average Bonchev–Trinajstić information content (AvgIpc) is 2.47. The maximum Gasteiger partial charge on any atom is 0.251 e. The van der Waals surface area contributed by atoms with Crippen LogP contribution in [-0.2, 0) is 6.54 Å². The lowest BCUT2D eigenvalue weighted by Gasteiger charge is -2.09. The number of nitrogens with one attached hydrogen (secondary N) is 1. The molecule has 0 heterocycles. The first-order chi connectivity index (χ1) is 10.0. The molecule has 0 atom stereocenters. The number of ether oxygens (including phenoxy) is 1. The molecule has 0 saturated heterocycles. The number of rotatable bonds is 4. The minimum atomic E-state index is -0.120. The van der Waals surface area contributed by atoms with Crippen LogP contribution in [0, 0.1) is 6.92 Å². The molecule has 3 N–H and O–H groups in total. The van der Waals surface area contributed by atoms with E-state index >= 15 is 0 Å². The summed E-state index contributed by atoms with van der Waals surface area (Å²) in [6.45, 7) is 2.39. The highest BCUT2D eigenvalue weighted by atomic mass is 79.9. The number of hydrogen-bond acceptors (Lipinski definition) is 3. The van der Waals surface area contributed by atoms with Gasteiger partial charge in [0.1, 0.15) is 5.75 Å². The van der Waals surface area contributed by atoms with Crippen molar-refractivity contribution in [2.24, 2.45) is 0 Å². The molecule has 2 rings (SSSR count). The van der Waals surface area contributed by atoms with E-state index in [-0.39, 0.29) is 5.91 Å². The van der Waals surface area contributed by atoms with Gasteiger partial charge < -0.3 is 15.8 Å². The first kappa shape index (κ1) is 15.4. The van der Waals surface area contributed by atoms with Crippen molar-refractivity contribution < 1.29 is 9.53 Å². The van der Waals surface area contributed by atoms with Gasteiger partial charge in [-0.1, -0.05) is 28.1 Å². The largest absolute Gasteiger partial charge is 0.495 e. The highest BCUT2D eigenvalue weighted by Crippen LogP contribution is 2.22. The van der Waals surface area contributed by atoms with Crippen LogP contribution in [0.25, 0.3) is 0 Å². The van der Waals surface area contributed by atoms with Crippen LogP contribution in [0.3, 0.4) is 0 Å². The minimum absolute atomic E-state index is 0.120. The van der Waals surface area contributed by atoms with Gasteiger partial charge in [0, 0.05) is 16.6 Å². The Hall–Kier alpha value is -2.01. The molecular weight excluding hydrogens is 332 g/mol. The average molecular weight is 349 g/mol. The Kier molecular flexibility index (Phi) is 4.85. The quantitative estimate of drug-likeness (QED) is 0.833. The number of amides is 1. The Morgan fingerprint density at radius 3 is 2.67 bits per heavy atom. The number of aryl methyl sites for hydroxylation is 1. The third-order valence-electron chi connectivity index (χ3n) is 3.18. The third kappa shape index (κ3) is 3.76. The molecule has 0 bridgehead atoms. The van der Waals surface area contributed by atoms with E-state index in [1.807, 2.05) is 25.1 Å². The fourth-order valence-corrected chi connectivity index (χ4v) is 2.29. The molecule has 4 nitrogen and oxygen atoms in total. The summed E-state index contributed by atoms with van der Waals surface area (Å²) in [6.07, 6.45) is 0. The van der Waals surface area contributed by atoms with E-state index < -0.39 is 0 Å². The zero-order chi connectivity index (χ0) is 15.4. The van der Waals surface area contributed by atoms with E-state index in [4.69, 9.17) is 10.5 Å². The summed E-state index contributed by atoms with van der Waals surface area (Å²) < 4.78 is 6.02. The van der Waals surface area contributed by atoms with Gasteiger partial charge in [-0.2, -0.15) is 0 Å². The molecule has 0 aromatic heterocycles. The predicted octanol–water partition coefficient (Wildman–Crippen LogP) is 3.28. The van der Waals surface area contributed by atoms with Crippen molar-refractivity contribution >= 4 is 27.5 Å². The Morgan fingerprint density at radius 2 is 2.05 bits per heavy atom. The third-order valence-corrected chi connectivity index (χ3v) is 4.04. The number of carbonyl (C=O) groups excluding carboxylic acids is 1. The number of methoxy groups -OCH3 is 1. The van der Waals surface area contributed by atoms with Crippen LogP contribution in [0.2, 0.25) is 0 Å². The molecule has 110 valence electrons. The highest BCUT2D eigenvalue weighted by Gasteiger charge is 2.07. The monoisotopic (exact) mass is 348 g/mol. The second-order valence-corrected chi connectivity index (χ2v) is 5.58. The van der Waals surface area contributed by atoms with Gasteiger partial charge in [0.15, 0.2) is 0 Å². The summed E-state index contributed by atoms with van der Waals surface area (Å²) in [7, 11) is 1.57. The first-order valence-electron chi connectivity index (χ1n) is 6.48. The van der Waals surface area contributed by atoms with Crippen molar-refractivity contribution in [3.05, 3.63) is 57.6 Å². The van der Waals surface area contributed by atoms with Crippen LogP contribution < -0.4 is 15.8 Å². The van der Waals surface area contributed by atoms with Crippen LogP contribution in [0.15, 0.2) is 40.9 Å². The standard InChI is InChI=1S/C16H17BrN2O2/c1-10-3-5-12(8-13(10)17)16(20)19-9-11-4-6-15(21-2)14(18)7-11/h3-8H,9,18H2,1-2H3,(H,19,20). The van der Waals surface area contributed by atoms with E-state index in [0.717, 1.165) is 15.6 Å². The van der Waals surface area contributed by atoms with Crippen molar-refractivity contribution in [2.75, 3.05) is 12.8 Å². The maximum atomic E-state index is 12.1. The molecule has 1 amide bonds. The smallest absolute Gasteiger partial charge is 0.251 e. The van der Waals surface area contributed by atoms with Crippen molar-refractivity contribution in [2.45, 2.75) is 13.5 Å². The molecule has 0 aliphatic rings. The molecule has 2 aromatic carbocycles. The zero-order valence-corrected chi connectivity index (χ0v) is 13.5. The molecule has 0 unspecified atom stereocenters. The van der Waals surface area contributed by atoms with Crippen LogP contribution >= 0.6 is 15.9 Å². The van der Waals surface area contributed by atoms with Gasteiger partial charge in [-0.25, -0.2) is 0 Å². The second kappa shape index (κ2) is 6.63. The summed E-state index contributed by atoms with van der Waals surface area (Å²) in [4.78, 5) is 12.1. The molecule has 0 radical (unpaired) electrons. The summed E-state index contributed by atoms with van der Waals surface area (Å²) >= 11 is 3.43. The lowest BCUT2D eigenvalue weighted by Crippen LogP contribution is -2.22. The summed E-state index contributed by atoms with van der Waals surface area (Å²) in [5.74, 6) is 0.512. The Labute approximate surface area is 132 Å². The van der Waals surface area contributed by atoms with Crippen molar-refractivity contribution in [1.82, 2.24) is 5.32 Å². The number of anilines is 1. The fraction of sp³-hybridized carbons (Fsp3) is 0.188. The van der Waals surface area contributed by atoms with Gasteiger partial charge in [0.25, 0.3) is 5.91 Å². The molecular formula is C16H17BrN2O2. The Morgan fingerprint density at radius 1 is 1.29 bits per heavy atom. The molecule has 21 heavy (non-hydrogen) atoms. The van der Waals surface area contributed by atoms with Gasteiger partial charge in [0.2, 0.25) is 0 Å². The lowest BCUT2D eigenvalue weighted by molar-refractivity contribution is 0.0951. The normalized spacial score (nSPS) is 10.2. The molecule has 0 fully saturated rings. The number of nitrogens with two attached hydrogens (primary N) is 1. The van der Waals surface area contributed by atoms with Gasteiger partial charge in [-0.3, -0.25) is 4.79 Å². The van der Waals surface area contributed by atoms with E-state index in [9.17, 15) is 4.79 Å². The van der Waals surface area contributed by atoms with E-state index in [2.05, 4.69) is 21.2 Å². The van der Waals surface area contributed by atoms with Gasteiger partial charge in [-0.05, 0) is 42.3 Å². The molecule has 0 spiro atoms. The number of hydrogen-bond donors (Lipinski definition) is 2. The minimum Gasteiger partial charge on any atom is -0.495 e. The fourth-order valence-electron chi connectivity index (χ4n) is 1.91. The molecule has 0 aliphatic carbocycles. The lowest BCUT2D eigenvalue weighted by atomic mass is 10.1. The maximum absolute atomic E-state index is 12.1. The molecule has 2 aromatic rings. The zero-order valence-electron chi connectivity index (χ0n) is 11.9. The van der Waals surface area contributed by atoms with Gasteiger partial charge in [-0.15, -0.1) is 0 Å². The van der Waals surface area contributed by atoms with Gasteiger partial charge in [0.05, 0.1) is 12.8 Å². The van der Waals surface area contributed by atoms with E-state index in [1.165, 1.54) is 0 Å². The summed E-state index contributed by atoms with van der Waals surface area (Å²) in [6, 6.07) is 11.0. The Balaban J connectivity index is 2.03. The van der Waals surface area contributed by atoms with Crippen LogP contribution in [-0.4, -0.2) is 13.0 Å². The van der Waals surface area contributed by atoms with Crippen molar-refractivity contribution in [3.63, 3.8) is 0 Å². The van der Waals surface area contributed by atoms with E-state index in [0.29, 0.717) is 23.5 Å². The number of carbonyl (C=O) groups is 1. The Bertz CT molecular complexity index is 671. The SMILES string of the molecule is COc1ccc(CNC(=O)c2ccc(C)c(Br)c2)cc1N. The number of nitrogen functional groups attached to an aromatic ring is 1. The number of benzene rings is 2. The topological polar surface area (TPSA) is 64.3 Å².